The van der Waals surface area contributed by atoms with Crippen molar-refractivity contribution in [3.63, 3.8) is 0 Å². The molecule has 2 heterocycles. The topological polar surface area (TPSA) is 52.6 Å². The largest absolute Gasteiger partial charge is 0.352 e. The van der Waals surface area contributed by atoms with E-state index in [-0.39, 0.29) is 33.5 Å². The molecule has 0 aliphatic carbocycles. The van der Waals surface area contributed by atoms with E-state index in [0.29, 0.717) is 37.4 Å². The van der Waals surface area contributed by atoms with Crippen LogP contribution in [0.25, 0.3) is 22.0 Å². The van der Waals surface area contributed by atoms with E-state index in [1.54, 1.807) is 18.2 Å². The van der Waals surface area contributed by atoms with Crippen LogP contribution < -0.4 is 4.90 Å². The highest BCUT2D eigenvalue weighted by molar-refractivity contribution is 6.34. The van der Waals surface area contributed by atoms with Crippen LogP contribution in [0.1, 0.15) is 13.3 Å². The Morgan fingerprint density at radius 1 is 1.15 bits per heavy atom. The van der Waals surface area contributed by atoms with Crippen molar-refractivity contribution in [1.82, 2.24) is 19.8 Å². The number of amides is 1. The Bertz CT molecular complexity index is 1200. The fraction of sp³-hybridized carbons (Fsp3) is 0.400. The van der Waals surface area contributed by atoms with Crippen LogP contribution >= 0.6 is 11.6 Å². The third-order valence-corrected chi connectivity index (χ3v) is 6.56. The van der Waals surface area contributed by atoms with E-state index in [1.165, 1.54) is 18.5 Å². The van der Waals surface area contributed by atoms with Crippen LogP contribution in [-0.2, 0) is 4.79 Å². The molecule has 1 aliphatic heterocycles. The van der Waals surface area contributed by atoms with Gasteiger partial charge in [-0.2, -0.15) is 0 Å². The second kappa shape index (κ2) is 10.2. The molecule has 180 valence electrons. The molecule has 0 radical (unpaired) electrons. The summed E-state index contributed by atoms with van der Waals surface area (Å²) in [5.41, 5.74) is 0.157. The average Bonchev–Trinajstić information content (AvgIpc) is 2.83. The minimum atomic E-state index is -0.681. The highest BCUT2D eigenvalue weighted by atomic mass is 35.5. The second-order valence-corrected chi connectivity index (χ2v) is 9.33. The zero-order valence-electron chi connectivity index (χ0n) is 19.6. The number of carbonyl (C=O) groups is 1. The van der Waals surface area contributed by atoms with Gasteiger partial charge in [-0.3, -0.25) is 4.79 Å². The molecule has 2 aromatic carbocycles. The maximum Gasteiger partial charge on any atom is 0.225 e. The molecule has 1 unspecified atom stereocenters. The van der Waals surface area contributed by atoms with E-state index in [4.69, 9.17) is 11.6 Å². The summed E-state index contributed by atoms with van der Waals surface area (Å²) in [7, 11) is 3.99. The van der Waals surface area contributed by atoms with Gasteiger partial charge in [-0.05, 0) is 39.2 Å². The van der Waals surface area contributed by atoms with E-state index < -0.39 is 11.6 Å². The van der Waals surface area contributed by atoms with Crippen molar-refractivity contribution in [3.8, 4) is 11.1 Å². The summed E-state index contributed by atoms with van der Waals surface area (Å²) in [6.45, 7) is 5.06. The molecule has 1 atom stereocenters. The minimum absolute atomic E-state index is 0.0148. The van der Waals surface area contributed by atoms with Crippen molar-refractivity contribution in [2.45, 2.75) is 13.3 Å². The van der Waals surface area contributed by atoms with Crippen molar-refractivity contribution in [2.24, 2.45) is 5.92 Å². The van der Waals surface area contributed by atoms with Crippen LogP contribution in [0.2, 0.25) is 5.02 Å². The van der Waals surface area contributed by atoms with Crippen LogP contribution in [-0.4, -0.2) is 72.5 Å². The molecular weight excluding hydrogens is 460 g/mol. The number of hydrogen-bond acceptors (Lipinski definition) is 5. The Morgan fingerprint density at radius 2 is 1.85 bits per heavy atom. The van der Waals surface area contributed by atoms with Gasteiger partial charge in [-0.1, -0.05) is 36.7 Å². The van der Waals surface area contributed by atoms with Gasteiger partial charge in [0.25, 0.3) is 0 Å². The lowest BCUT2D eigenvalue weighted by atomic mass is 10.0. The Kier molecular flexibility index (Phi) is 7.28. The van der Waals surface area contributed by atoms with Gasteiger partial charge in [0.15, 0.2) is 5.82 Å². The summed E-state index contributed by atoms with van der Waals surface area (Å²) in [6, 6.07) is 7.52. The standard InChI is InChI=1S/C25H28ClF2N5O/c1-16(8-9-31(2)3)25(34)33-12-10-32(11-13-33)24-18-14-19(26)21(17-6-4-5-7-20(17)27)22(28)23(18)29-15-30-24/h4-7,14-16H,8-13H2,1-3H3. The lowest BCUT2D eigenvalue weighted by molar-refractivity contribution is -0.135. The van der Waals surface area contributed by atoms with Gasteiger partial charge in [0.1, 0.15) is 23.5 Å². The van der Waals surface area contributed by atoms with E-state index in [9.17, 15) is 9.18 Å². The molecule has 9 heteroatoms. The molecule has 1 fully saturated rings. The Balaban J connectivity index is 1.57. The molecule has 1 amide bonds. The van der Waals surface area contributed by atoms with Gasteiger partial charge in [0.2, 0.25) is 5.91 Å². The Hall–Kier alpha value is -2.84. The predicted octanol–water partition coefficient (Wildman–Crippen LogP) is 4.46. The summed E-state index contributed by atoms with van der Waals surface area (Å²) in [4.78, 5) is 27.3. The molecule has 1 aromatic heterocycles. The van der Waals surface area contributed by atoms with Crippen LogP contribution in [0.4, 0.5) is 14.6 Å². The lowest BCUT2D eigenvalue weighted by Gasteiger charge is -2.37. The molecule has 6 nitrogen and oxygen atoms in total. The third kappa shape index (κ3) is 4.83. The Morgan fingerprint density at radius 3 is 2.53 bits per heavy atom. The van der Waals surface area contributed by atoms with Crippen molar-refractivity contribution in [2.75, 3.05) is 51.7 Å². The van der Waals surface area contributed by atoms with Crippen LogP contribution in [0, 0.1) is 17.6 Å². The quantitative estimate of drug-likeness (QED) is 0.513. The van der Waals surface area contributed by atoms with Gasteiger partial charge >= 0.3 is 0 Å². The average molecular weight is 488 g/mol. The lowest BCUT2D eigenvalue weighted by Crippen LogP contribution is -2.50. The number of fused-ring (bicyclic) bond motifs is 1. The molecule has 0 saturated carbocycles. The second-order valence-electron chi connectivity index (χ2n) is 8.93. The molecule has 34 heavy (non-hydrogen) atoms. The molecule has 0 bridgehead atoms. The number of nitrogens with zero attached hydrogens (tertiary/aromatic N) is 5. The van der Waals surface area contributed by atoms with Gasteiger partial charge in [-0.15, -0.1) is 0 Å². The van der Waals surface area contributed by atoms with Crippen molar-refractivity contribution in [3.05, 3.63) is 53.3 Å². The molecular formula is C25H28ClF2N5O. The SMILES string of the molecule is CC(CCN(C)C)C(=O)N1CCN(c2ncnc3c(F)c(-c4ccccc4F)c(Cl)cc23)CC1. The number of aromatic nitrogens is 2. The molecule has 4 rings (SSSR count). The molecule has 3 aromatic rings. The molecule has 0 N–H and O–H groups in total. The van der Waals surface area contributed by atoms with Gasteiger partial charge in [0, 0.05) is 48.6 Å². The molecule has 0 spiro atoms. The fourth-order valence-corrected chi connectivity index (χ4v) is 4.60. The zero-order chi connectivity index (χ0) is 24.4. The molecule has 1 saturated heterocycles. The monoisotopic (exact) mass is 487 g/mol. The van der Waals surface area contributed by atoms with Crippen LogP contribution in [0.5, 0.6) is 0 Å². The summed E-state index contributed by atoms with van der Waals surface area (Å²) in [5, 5.41) is 0.555. The van der Waals surface area contributed by atoms with Crippen molar-refractivity contribution < 1.29 is 13.6 Å². The first-order valence-corrected chi connectivity index (χ1v) is 11.7. The highest BCUT2D eigenvalue weighted by Gasteiger charge is 2.27. The fourth-order valence-electron chi connectivity index (χ4n) is 4.30. The number of rotatable bonds is 6. The maximum atomic E-state index is 15.5. The third-order valence-electron chi connectivity index (χ3n) is 6.27. The van der Waals surface area contributed by atoms with E-state index >= 15 is 4.39 Å². The predicted molar refractivity (Wildman–Crippen MR) is 131 cm³/mol. The van der Waals surface area contributed by atoms with Gasteiger partial charge < -0.3 is 14.7 Å². The molecule has 1 aliphatic rings. The zero-order valence-corrected chi connectivity index (χ0v) is 20.3. The number of benzene rings is 2. The van der Waals surface area contributed by atoms with Gasteiger partial charge in [-0.25, -0.2) is 18.7 Å². The number of anilines is 1. The van der Waals surface area contributed by atoms with Crippen LogP contribution in [0.3, 0.4) is 0 Å². The summed E-state index contributed by atoms with van der Waals surface area (Å²) < 4.78 is 29.9. The first kappa shape index (κ1) is 24.3. The summed E-state index contributed by atoms with van der Waals surface area (Å²) in [6.07, 6.45) is 2.12. The van der Waals surface area contributed by atoms with E-state index in [2.05, 4.69) is 14.9 Å². The van der Waals surface area contributed by atoms with Crippen molar-refractivity contribution in [1.29, 1.82) is 0 Å². The summed E-state index contributed by atoms with van der Waals surface area (Å²) >= 11 is 6.44. The van der Waals surface area contributed by atoms with Gasteiger partial charge in [0.05, 0.1) is 5.02 Å². The maximum absolute atomic E-state index is 15.5. The smallest absolute Gasteiger partial charge is 0.225 e. The first-order chi connectivity index (χ1) is 16.3. The Labute approximate surface area is 203 Å². The van der Waals surface area contributed by atoms with E-state index in [1.807, 2.05) is 30.8 Å². The number of hydrogen-bond donors (Lipinski definition) is 0. The number of carbonyl (C=O) groups excluding carboxylic acids is 1. The van der Waals surface area contributed by atoms with E-state index in [0.717, 1.165) is 13.0 Å². The minimum Gasteiger partial charge on any atom is -0.352 e. The first-order valence-electron chi connectivity index (χ1n) is 11.3. The van der Waals surface area contributed by atoms with Crippen LogP contribution in [0.15, 0.2) is 36.7 Å². The number of piperazine rings is 1. The van der Waals surface area contributed by atoms with Crippen molar-refractivity contribution >= 4 is 34.2 Å². The normalized spacial score (nSPS) is 15.3. The highest BCUT2D eigenvalue weighted by Crippen LogP contribution is 2.38. The summed E-state index contributed by atoms with van der Waals surface area (Å²) in [5.74, 6) is -0.577. The number of halogens is 3.